The Morgan fingerprint density at radius 3 is 2.74 bits per heavy atom. The van der Waals surface area contributed by atoms with Crippen molar-refractivity contribution in [1.29, 1.82) is 0 Å². The Kier molecular flexibility index (Phi) is 8.09. The highest BCUT2D eigenvalue weighted by Gasteiger charge is 2.46. The van der Waals surface area contributed by atoms with Gasteiger partial charge in [0.25, 0.3) is 0 Å². The fourth-order valence-electron chi connectivity index (χ4n) is 5.85. The van der Waals surface area contributed by atoms with E-state index >= 15 is 4.39 Å². The van der Waals surface area contributed by atoms with E-state index in [2.05, 4.69) is 4.98 Å². The first-order valence-corrected chi connectivity index (χ1v) is 14.2. The zero-order chi connectivity index (χ0) is 27.6. The van der Waals surface area contributed by atoms with Crippen LogP contribution < -0.4 is 0 Å². The fraction of sp³-hybridized carbons (Fsp3) is 0.400. The van der Waals surface area contributed by atoms with Gasteiger partial charge >= 0.3 is 6.03 Å². The summed E-state index contributed by atoms with van der Waals surface area (Å²) in [5.41, 5.74) is 3.30. The number of halogens is 3. The number of carbonyl (C=O) groups excluding carboxylic acids is 1. The van der Waals surface area contributed by atoms with Gasteiger partial charge in [-0.1, -0.05) is 30.3 Å². The third kappa shape index (κ3) is 5.75. The molecule has 2 aliphatic heterocycles. The van der Waals surface area contributed by atoms with Gasteiger partial charge in [-0.2, -0.15) is 0 Å². The average Bonchev–Trinajstić information content (AvgIpc) is 3.55. The van der Waals surface area contributed by atoms with Crippen LogP contribution in [0, 0.1) is 11.6 Å². The molecule has 0 N–H and O–H groups in total. The first kappa shape index (κ1) is 27.4. The highest BCUT2D eigenvalue weighted by Crippen LogP contribution is 2.45. The number of nitrogens with zero attached hydrogens (tertiary/aromatic N) is 4. The van der Waals surface area contributed by atoms with Crippen LogP contribution in [0.3, 0.4) is 0 Å². The number of hydrogen-bond donors (Lipinski definition) is 0. The van der Waals surface area contributed by atoms with Crippen LogP contribution in [0.4, 0.5) is 18.0 Å². The first-order chi connectivity index (χ1) is 18.8. The summed E-state index contributed by atoms with van der Waals surface area (Å²) < 4.78 is 44.0. The number of rotatable bonds is 6. The van der Waals surface area contributed by atoms with Crippen LogP contribution in [0.15, 0.2) is 65.5 Å². The van der Waals surface area contributed by atoms with Crippen LogP contribution in [-0.4, -0.2) is 71.7 Å². The Bertz CT molecular complexity index is 1320. The second-order valence-electron chi connectivity index (χ2n) is 10.6. The molecule has 0 bridgehead atoms. The van der Waals surface area contributed by atoms with Crippen LogP contribution in [0.5, 0.6) is 0 Å². The molecule has 39 heavy (non-hydrogen) atoms. The molecule has 0 aliphatic carbocycles. The van der Waals surface area contributed by atoms with Gasteiger partial charge < -0.3 is 14.7 Å². The zero-order valence-corrected chi connectivity index (χ0v) is 23.0. The predicted molar refractivity (Wildman–Crippen MR) is 148 cm³/mol. The SMILES string of the molecule is CN1CCC(N(C)C(=O)N2CC(c3cc(F)ccc3F)=C[C@@]2(CCc2cscn2)c2ccccc2)CC(F)C1. The van der Waals surface area contributed by atoms with Crippen molar-refractivity contribution < 1.29 is 18.0 Å². The van der Waals surface area contributed by atoms with Crippen LogP contribution in [0.1, 0.15) is 36.1 Å². The minimum atomic E-state index is -1.03. The van der Waals surface area contributed by atoms with Gasteiger partial charge in [0.05, 0.1) is 16.7 Å². The standard InChI is InChI=1S/C30H33F3N4OS/c1-35-13-11-26(14-24(32)18-35)36(2)29(38)37-17-21(27-15-23(31)8-9-28(27)33)16-30(37,22-6-4-3-5-7-22)12-10-25-19-39-20-34-25/h3-9,15-16,19-20,24,26H,10-14,17-18H2,1-2H3/t24?,26?,30-/m0/s1. The summed E-state index contributed by atoms with van der Waals surface area (Å²) in [6.45, 7) is 1.13. The third-order valence-electron chi connectivity index (χ3n) is 7.98. The van der Waals surface area contributed by atoms with Gasteiger partial charge in [-0.3, -0.25) is 0 Å². The van der Waals surface area contributed by atoms with E-state index in [-0.39, 0.29) is 30.6 Å². The molecule has 206 valence electrons. The van der Waals surface area contributed by atoms with E-state index in [1.807, 2.05) is 53.7 Å². The molecule has 0 saturated carbocycles. The van der Waals surface area contributed by atoms with Crippen molar-refractivity contribution in [2.75, 3.05) is 33.7 Å². The number of aromatic nitrogens is 1. The van der Waals surface area contributed by atoms with Gasteiger partial charge in [0, 0.05) is 43.5 Å². The summed E-state index contributed by atoms with van der Waals surface area (Å²) in [5, 5.41) is 1.98. The van der Waals surface area contributed by atoms with Crippen LogP contribution in [0.25, 0.3) is 5.57 Å². The molecule has 2 amide bonds. The second kappa shape index (κ2) is 11.5. The van der Waals surface area contributed by atoms with Crippen LogP contribution >= 0.6 is 11.3 Å². The lowest BCUT2D eigenvalue weighted by molar-refractivity contribution is 0.105. The van der Waals surface area contributed by atoms with Crippen molar-refractivity contribution in [2.45, 2.75) is 43.4 Å². The normalized spacial score (nSPS) is 23.9. The lowest BCUT2D eigenvalue weighted by Gasteiger charge is -2.42. The maximum atomic E-state index is 15.0. The van der Waals surface area contributed by atoms with Gasteiger partial charge in [0.2, 0.25) is 0 Å². The minimum Gasteiger partial charge on any atom is -0.325 e. The highest BCUT2D eigenvalue weighted by atomic mass is 32.1. The molecule has 2 aliphatic rings. The van der Waals surface area contributed by atoms with E-state index in [4.69, 9.17) is 0 Å². The third-order valence-corrected chi connectivity index (χ3v) is 8.61. The molecule has 2 unspecified atom stereocenters. The molecule has 3 atom stereocenters. The number of urea groups is 1. The van der Waals surface area contributed by atoms with Crippen molar-refractivity contribution >= 4 is 22.9 Å². The summed E-state index contributed by atoms with van der Waals surface area (Å²) in [7, 11) is 3.61. The molecule has 3 heterocycles. The Balaban J connectivity index is 1.57. The molecule has 1 saturated heterocycles. The van der Waals surface area contributed by atoms with Crippen molar-refractivity contribution in [3.8, 4) is 0 Å². The molecular formula is C30H33F3N4OS. The molecule has 9 heteroatoms. The molecule has 0 radical (unpaired) electrons. The monoisotopic (exact) mass is 554 g/mol. The molecular weight excluding hydrogens is 521 g/mol. The lowest BCUT2D eigenvalue weighted by Crippen LogP contribution is -2.53. The maximum absolute atomic E-state index is 15.0. The number of benzene rings is 2. The minimum absolute atomic E-state index is 0.0984. The van der Waals surface area contributed by atoms with Crippen LogP contribution in [-0.2, 0) is 12.0 Å². The van der Waals surface area contributed by atoms with E-state index in [9.17, 15) is 13.6 Å². The summed E-state index contributed by atoms with van der Waals surface area (Å²) >= 11 is 1.50. The number of carbonyl (C=O) groups is 1. The number of hydrogen-bond acceptors (Lipinski definition) is 4. The Labute approximate surface area is 231 Å². The van der Waals surface area contributed by atoms with Crippen molar-refractivity contribution in [3.63, 3.8) is 0 Å². The van der Waals surface area contributed by atoms with Gasteiger partial charge in [0.15, 0.2) is 0 Å². The predicted octanol–water partition coefficient (Wildman–Crippen LogP) is 6.13. The number of amides is 2. The van der Waals surface area contributed by atoms with Crippen LogP contribution in [0.2, 0.25) is 0 Å². The summed E-state index contributed by atoms with van der Waals surface area (Å²) in [5.74, 6) is -1.09. The van der Waals surface area contributed by atoms with Crippen molar-refractivity contribution in [2.24, 2.45) is 0 Å². The van der Waals surface area contributed by atoms with E-state index < -0.39 is 23.3 Å². The fourth-order valence-corrected chi connectivity index (χ4v) is 6.44. The Morgan fingerprint density at radius 2 is 2.00 bits per heavy atom. The first-order valence-electron chi connectivity index (χ1n) is 13.2. The van der Waals surface area contributed by atoms with Gasteiger partial charge in [0.1, 0.15) is 17.8 Å². The molecule has 5 rings (SSSR count). The van der Waals surface area contributed by atoms with E-state index in [1.165, 1.54) is 17.4 Å². The lowest BCUT2D eigenvalue weighted by atomic mass is 9.84. The topological polar surface area (TPSA) is 39.7 Å². The molecule has 2 aromatic carbocycles. The van der Waals surface area contributed by atoms with Crippen molar-refractivity contribution in [3.05, 3.63) is 94.0 Å². The summed E-state index contributed by atoms with van der Waals surface area (Å²) in [6.07, 6.45) is 2.88. The van der Waals surface area contributed by atoms with E-state index in [0.29, 0.717) is 37.9 Å². The number of aryl methyl sites for hydroxylation is 1. The summed E-state index contributed by atoms with van der Waals surface area (Å²) in [4.78, 5) is 24.1. The molecule has 1 fully saturated rings. The maximum Gasteiger partial charge on any atom is 0.321 e. The van der Waals surface area contributed by atoms with E-state index in [1.54, 1.807) is 22.4 Å². The Morgan fingerprint density at radius 1 is 1.21 bits per heavy atom. The zero-order valence-electron chi connectivity index (χ0n) is 22.2. The van der Waals surface area contributed by atoms with E-state index in [0.717, 1.165) is 23.4 Å². The molecule has 0 spiro atoms. The summed E-state index contributed by atoms with van der Waals surface area (Å²) in [6, 6.07) is 12.5. The molecule has 5 nitrogen and oxygen atoms in total. The highest BCUT2D eigenvalue weighted by molar-refractivity contribution is 7.07. The smallest absolute Gasteiger partial charge is 0.321 e. The largest absolute Gasteiger partial charge is 0.325 e. The van der Waals surface area contributed by atoms with Gasteiger partial charge in [-0.15, -0.1) is 11.3 Å². The number of thiazole rings is 1. The van der Waals surface area contributed by atoms with Crippen molar-refractivity contribution in [1.82, 2.24) is 19.7 Å². The van der Waals surface area contributed by atoms with Gasteiger partial charge in [-0.25, -0.2) is 22.9 Å². The Hall–Kier alpha value is -3.17. The molecule has 3 aromatic rings. The average molecular weight is 555 g/mol. The number of alkyl halides is 1. The second-order valence-corrected chi connectivity index (χ2v) is 11.3. The quantitative estimate of drug-likeness (QED) is 0.368. The number of likely N-dealkylation sites (tertiary alicyclic amines) is 1. The van der Waals surface area contributed by atoms with Gasteiger partial charge in [-0.05, 0) is 68.3 Å². The molecule has 1 aromatic heterocycles.